The van der Waals surface area contributed by atoms with Crippen LogP contribution in [0.2, 0.25) is 0 Å². The van der Waals surface area contributed by atoms with Crippen LogP contribution in [0.3, 0.4) is 0 Å². The van der Waals surface area contributed by atoms with Crippen molar-refractivity contribution in [3.8, 4) is 0 Å². The molecule has 102 valence electrons. The second kappa shape index (κ2) is 5.23. The number of hydrogen-bond acceptors (Lipinski definition) is 1. The van der Waals surface area contributed by atoms with Crippen molar-refractivity contribution in [2.75, 3.05) is 6.54 Å². The van der Waals surface area contributed by atoms with Crippen LogP contribution >= 0.6 is 15.9 Å². The van der Waals surface area contributed by atoms with E-state index in [9.17, 15) is 9.18 Å². The van der Waals surface area contributed by atoms with Crippen LogP contribution < -0.4 is 0 Å². The zero-order valence-corrected chi connectivity index (χ0v) is 12.3. The Morgan fingerprint density at radius 3 is 2.89 bits per heavy atom. The zero-order valence-electron chi connectivity index (χ0n) is 10.7. The summed E-state index contributed by atoms with van der Waals surface area (Å²) >= 11 is 3.31. The molecular formula is C15H17BrFNO. The minimum atomic E-state index is -0.423. The smallest absolute Gasteiger partial charge is 0.257 e. The number of nitrogens with zero attached hydrogens (tertiary/aromatic N) is 1. The standard InChI is InChI=1S/C15H17BrFNO/c16-11-6-7-13(17)12(9-11)15(19)18-8-2-4-10-3-1-5-14(10)18/h6-7,9-10,14H,1-5,8H2. The van der Waals surface area contributed by atoms with Gasteiger partial charge in [0, 0.05) is 17.1 Å². The van der Waals surface area contributed by atoms with Crippen LogP contribution in [0.25, 0.3) is 0 Å². The Labute approximate surface area is 121 Å². The molecule has 2 fully saturated rings. The maximum atomic E-state index is 13.9. The Morgan fingerprint density at radius 1 is 1.26 bits per heavy atom. The van der Waals surface area contributed by atoms with E-state index in [-0.39, 0.29) is 11.5 Å². The van der Waals surface area contributed by atoms with E-state index in [4.69, 9.17) is 0 Å². The van der Waals surface area contributed by atoms with Crippen molar-refractivity contribution < 1.29 is 9.18 Å². The predicted molar refractivity (Wildman–Crippen MR) is 75.5 cm³/mol. The first-order valence-electron chi connectivity index (χ1n) is 6.93. The topological polar surface area (TPSA) is 20.3 Å². The third kappa shape index (κ3) is 2.42. The molecule has 1 amide bonds. The largest absolute Gasteiger partial charge is 0.335 e. The zero-order chi connectivity index (χ0) is 13.4. The molecule has 0 N–H and O–H groups in total. The van der Waals surface area contributed by atoms with Crippen molar-refractivity contribution in [3.05, 3.63) is 34.1 Å². The number of benzene rings is 1. The van der Waals surface area contributed by atoms with E-state index in [1.807, 2.05) is 4.90 Å². The molecule has 0 spiro atoms. The van der Waals surface area contributed by atoms with Crippen LogP contribution in [0.1, 0.15) is 42.5 Å². The molecule has 2 aliphatic rings. The van der Waals surface area contributed by atoms with E-state index in [1.165, 1.54) is 25.3 Å². The van der Waals surface area contributed by atoms with Crippen molar-refractivity contribution in [2.45, 2.75) is 38.1 Å². The number of piperidine rings is 1. The number of amides is 1. The summed E-state index contributed by atoms with van der Waals surface area (Å²) in [6.07, 6.45) is 5.75. The molecule has 1 saturated heterocycles. The van der Waals surface area contributed by atoms with Crippen molar-refractivity contribution in [1.29, 1.82) is 0 Å². The van der Waals surface area contributed by atoms with E-state index >= 15 is 0 Å². The van der Waals surface area contributed by atoms with Crippen molar-refractivity contribution >= 4 is 21.8 Å². The number of hydrogen-bond donors (Lipinski definition) is 0. The fourth-order valence-corrected chi connectivity index (χ4v) is 3.88. The normalized spacial score (nSPS) is 26.3. The molecule has 0 aromatic heterocycles. The van der Waals surface area contributed by atoms with Gasteiger partial charge in [-0.05, 0) is 49.8 Å². The van der Waals surface area contributed by atoms with Crippen molar-refractivity contribution in [2.24, 2.45) is 5.92 Å². The SMILES string of the molecule is O=C(c1cc(Br)ccc1F)N1CCCC2CCCC21. The molecule has 1 aromatic carbocycles. The second-order valence-electron chi connectivity index (χ2n) is 5.52. The van der Waals surface area contributed by atoms with Crippen LogP contribution in [0.4, 0.5) is 4.39 Å². The predicted octanol–water partition coefficient (Wildman–Crippen LogP) is 3.99. The molecule has 1 saturated carbocycles. The van der Waals surface area contributed by atoms with Gasteiger partial charge in [0.1, 0.15) is 5.82 Å². The molecule has 2 nitrogen and oxygen atoms in total. The molecule has 1 aromatic rings. The second-order valence-corrected chi connectivity index (χ2v) is 6.44. The molecule has 1 aliphatic heterocycles. The summed E-state index contributed by atoms with van der Waals surface area (Å²) in [5, 5.41) is 0. The molecule has 0 radical (unpaired) electrons. The van der Waals surface area contributed by atoms with Crippen LogP contribution in [-0.4, -0.2) is 23.4 Å². The monoisotopic (exact) mass is 325 g/mol. The maximum absolute atomic E-state index is 13.9. The Bertz CT molecular complexity index is 505. The minimum Gasteiger partial charge on any atom is -0.335 e. The van der Waals surface area contributed by atoms with Gasteiger partial charge in [0.25, 0.3) is 5.91 Å². The fraction of sp³-hybridized carbons (Fsp3) is 0.533. The molecular weight excluding hydrogens is 309 g/mol. The lowest BCUT2D eigenvalue weighted by Gasteiger charge is -2.37. The lowest BCUT2D eigenvalue weighted by molar-refractivity contribution is 0.0543. The summed E-state index contributed by atoms with van der Waals surface area (Å²) in [5.74, 6) is 0.0663. The van der Waals surface area contributed by atoms with Gasteiger partial charge in [-0.25, -0.2) is 4.39 Å². The number of halogens is 2. The lowest BCUT2D eigenvalue weighted by Crippen LogP contribution is -2.46. The molecule has 19 heavy (non-hydrogen) atoms. The highest BCUT2D eigenvalue weighted by Gasteiger charge is 2.38. The van der Waals surface area contributed by atoms with Gasteiger partial charge in [-0.1, -0.05) is 22.4 Å². The number of fused-ring (bicyclic) bond motifs is 1. The summed E-state index contributed by atoms with van der Waals surface area (Å²) in [7, 11) is 0. The van der Waals surface area contributed by atoms with E-state index in [0.717, 1.165) is 23.9 Å². The Balaban J connectivity index is 1.88. The summed E-state index contributed by atoms with van der Waals surface area (Å²) < 4.78 is 14.6. The van der Waals surface area contributed by atoms with Gasteiger partial charge >= 0.3 is 0 Å². The summed E-state index contributed by atoms with van der Waals surface area (Å²) in [6, 6.07) is 4.91. The molecule has 1 aliphatic carbocycles. The van der Waals surface area contributed by atoms with Gasteiger partial charge in [-0.3, -0.25) is 4.79 Å². The Morgan fingerprint density at radius 2 is 2.05 bits per heavy atom. The van der Waals surface area contributed by atoms with E-state index in [0.29, 0.717) is 12.0 Å². The highest BCUT2D eigenvalue weighted by molar-refractivity contribution is 9.10. The Kier molecular flexibility index (Phi) is 3.61. The van der Waals surface area contributed by atoms with E-state index in [2.05, 4.69) is 15.9 Å². The number of likely N-dealkylation sites (tertiary alicyclic amines) is 1. The summed E-state index contributed by atoms with van der Waals surface area (Å²) in [5.41, 5.74) is 0.196. The highest BCUT2D eigenvalue weighted by Crippen LogP contribution is 2.37. The van der Waals surface area contributed by atoms with Gasteiger partial charge in [-0.2, -0.15) is 0 Å². The average Bonchev–Trinajstić information content (AvgIpc) is 2.89. The van der Waals surface area contributed by atoms with Gasteiger partial charge < -0.3 is 4.90 Å². The van der Waals surface area contributed by atoms with Crippen molar-refractivity contribution in [1.82, 2.24) is 4.90 Å². The van der Waals surface area contributed by atoms with Crippen LogP contribution in [0, 0.1) is 11.7 Å². The lowest BCUT2D eigenvalue weighted by atomic mass is 9.91. The van der Waals surface area contributed by atoms with Gasteiger partial charge in [-0.15, -0.1) is 0 Å². The molecule has 3 rings (SSSR count). The quantitative estimate of drug-likeness (QED) is 0.764. The number of carbonyl (C=O) groups excluding carboxylic acids is 1. The molecule has 0 bridgehead atoms. The van der Waals surface area contributed by atoms with Gasteiger partial charge in [0.2, 0.25) is 0 Å². The molecule has 1 heterocycles. The number of rotatable bonds is 1. The van der Waals surface area contributed by atoms with Crippen LogP contribution in [-0.2, 0) is 0 Å². The fourth-order valence-electron chi connectivity index (χ4n) is 3.52. The van der Waals surface area contributed by atoms with Gasteiger partial charge in [0.05, 0.1) is 5.56 Å². The summed E-state index contributed by atoms with van der Waals surface area (Å²) in [6.45, 7) is 0.770. The first-order valence-corrected chi connectivity index (χ1v) is 7.72. The number of carbonyl (C=O) groups is 1. The van der Waals surface area contributed by atoms with E-state index < -0.39 is 5.82 Å². The summed E-state index contributed by atoms with van der Waals surface area (Å²) in [4.78, 5) is 14.5. The average molecular weight is 326 g/mol. The van der Waals surface area contributed by atoms with Crippen molar-refractivity contribution in [3.63, 3.8) is 0 Å². The third-order valence-corrected chi connectivity index (χ3v) is 4.91. The minimum absolute atomic E-state index is 0.143. The van der Waals surface area contributed by atoms with Crippen LogP contribution in [0.5, 0.6) is 0 Å². The first-order chi connectivity index (χ1) is 9.16. The van der Waals surface area contributed by atoms with Crippen LogP contribution in [0.15, 0.2) is 22.7 Å². The first kappa shape index (κ1) is 13.1. The molecule has 2 atom stereocenters. The van der Waals surface area contributed by atoms with E-state index in [1.54, 1.807) is 12.1 Å². The highest BCUT2D eigenvalue weighted by atomic mass is 79.9. The third-order valence-electron chi connectivity index (χ3n) is 4.41. The molecule has 4 heteroatoms. The maximum Gasteiger partial charge on any atom is 0.257 e. The van der Waals surface area contributed by atoms with Gasteiger partial charge in [0.15, 0.2) is 0 Å². The molecule has 2 unspecified atom stereocenters. The Hall–Kier alpha value is -0.900.